The molecule has 0 aliphatic carbocycles. The fourth-order valence-electron chi connectivity index (χ4n) is 3.00. The molecule has 2 aromatic rings. The van der Waals surface area contributed by atoms with Crippen molar-refractivity contribution >= 4 is 5.91 Å². The van der Waals surface area contributed by atoms with Crippen molar-refractivity contribution in [3.63, 3.8) is 0 Å². The van der Waals surface area contributed by atoms with Crippen LogP contribution in [0.1, 0.15) is 16.8 Å². The minimum Gasteiger partial charge on any atom is -0.352 e. The van der Waals surface area contributed by atoms with Crippen LogP contribution in [0.15, 0.2) is 54.6 Å². The second-order valence-electron chi connectivity index (χ2n) is 6.07. The highest BCUT2D eigenvalue weighted by molar-refractivity contribution is 5.95. The van der Waals surface area contributed by atoms with Gasteiger partial charge in [0.05, 0.1) is 0 Å². The van der Waals surface area contributed by atoms with Crippen LogP contribution in [0.5, 0.6) is 0 Å². The molecule has 1 atom stereocenters. The molecule has 0 saturated carbocycles. The molecule has 114 valence electrons. The number of nitrogens with zero attached hydrogens (tertiary/aromatic N) is 1. The molecule has 3 nitrogen and oxygen atoms in total. The number of nitrogens with one attached hydrogen (secondary N) is 1. The smallest absolute Gasteiger partial charge is 0.251 e. The maximum atomic E-state index is 12.3. The van der Waals surface area contributed by atoms with Gasteiger partial charge >= 0.3 is 0 Å². The van der Waals surface area contributed by atoms with Crippen molar-refractivity contribution in [3.05, 3.63) is 60.2 Å². The van der Waals surface area contributed by atoms with Crippen LogP contribution in [0.4, 0.5) is 0 Å². The van der Waals surface area contributed by atoms with Gasteiger partial charge in [0, 0.05) is 18.7 Å². The van der Waals surface area contributed by atoms with E-state index in [0.29, 0.717) is 5.92 Å². The lowest BCUT2D eigenvalue weighted by molar-refractivity contribution is 0.0947. The van der Waals surface area contributed by atoms with Crippen molar-refractivity contribution < 1.29 is 4.79 Å². The second kappa shape index (κ2) is 6.75. The van der Waals surface area contributed by atoms with Gasteiger partial charge in [-0.15, -0.1) is 0 Å². The van der Waals surface area contributed by atoms with E-state index < -0.39 is 0 Å². The average molecular weight is 294 g/mol. The Kier molecular flexibility index (Phi) is 4.54. The lowest BCUT2D eigenvalue weighted by Gasteiger charge is -2.12. The van der Waals surface area contributed by atoms with E-state index in [0.717, 1.165) is 36.3 Å². The zero-order valence-corrected chi connectivity index (χ0v) is 13.0. The van der Waals surface area contributed by atoms with E-state index >= 15 is 0 Å². The molecule has 1 aliphatic heterocycles. The summed E-state index contributed by atoms with van der Waals surface area (Å²) in [4.78, 5) is 14.7. The first-order valence-corrected chi connectivity index (χ1v) is 7.84. The summed E-state index contributed by atoms with van der Waals surface area (Å²) in [6.07, 6.45) is 1.17. The number of rotatable bonds is 4. The van der Waals surface area contributed by atoms with Crippen LogP contribution in [0.3, 0.4) is 0 Å². The van der Waals surface area contributed by atoms with E-state index in [4.69, 9.17) is 0 Å². The third-order valence-corrected chi connectivity index (χ3v) is 4.27. The van der Waals surface area contributed by atoms with Crippen molar-refractivity contribution in [1.29, 1.82) is 0 Å². The Bertz CT molecular complexity index is 639. The molecule has 0 bridgehead atoms. The molecule has 22 heavy (non-hydrogen) atoms. The van der Waals surface area contributed by atoms with Crippen molar-refractivity contribution in [2.75, 3.05) is 26.7 Å². The molecule has 1 N–H and O–H groups in total. The fraction of sp³-hybridized carbons (Fsp3) is 0.316. The molecule has 3 heteroatoms. The van der Waals surface area contributed by atoms with Crippen molar-refractivity contribution in [2.24, 2.45) is 5.92 Å². The number of likely N-dealkylation sites (tertiary alicyclic amines) is 1. The summed E-state index contributed by atoms with van der Waals surface area (Å²) in [7, 11) is 2.13. The SMILES string of the molecule is CN1CCC(CNC(=O)c2cccc(-c3ccccc3)c2)C1. The summed E-state index contributed by atoms with van der Waals surface area (Å²) in [6, 6.07) is 18.0. The quantitative estimate of drug-likeness (QED) is 0.940. The Labute approximate surface area is 132 Å². The van der Waals surface area contributed by atoms with Crippen LogP contribution >= 0.6 is 0 Å². The van der Waals surface area contributed by atoms with E-state index in [9.17, 15) is 4.79 Å². The van der Waals surface area contributed by atoms with Gasteiger partial charge in [0.2, 0.25) is 0 Å². The molecule has 1 amide bonds. The van der Waals surface area contributed by atoms with Crippen LogP contribution in [0.2, 0.25) is 0 Å². The zero-order chi connectivity index (χ0) is 15.4. The second-order valence-corrected chi connectivity index (χ2v) is 6.07. The molecule has 0 aromatic heterocycles. The van der Waals surface area contributed by atoms with Gasteiger partial charge < -0.3 is 10.2 Å². The number of hydrogen-bond acceptors (Lipinski definition) is 2. The van der Waals surface area contributed by atoms with Crippen molar-refractivity contribution in [1.82, 2.24) is 10.2 Å². The van der Waals surface area contributed by atoms with E-state index in [1.54, 1.807) is 0 Å². The normalized spacial score (nSPS) is 18.3. The number of amides is 1. The maximum absolute atomic E-state index is 12.3. The molecular formula is C19H22N2O. The highest BCUT2D eigenvalue weighted by Gasteiger charge is 2.20. The predicted octanol–water partition coefficient (Wildman–Crippen LogP) is 3.04. The van der Waals surface area contributed by atoms with Crippen LogP contribution in [-0.4, -0.2) is 37.5 Å². The zero-order valence-electron chi connectivity index (χ0n) is 13.0. The van der Waals surface area contributed by atoms with E-state index in [1.165, 1.54) is 6.42 Å². The lowest BCUT2D eigenvalue weighted by Crippen LogP contribution is -2.30. The van der Waals surface area contributed by atoms with Crippen LogP contribution in [0, 0.1) is 5.92 Å². The van der Waals surface area contributed by atoms with Gasteiger partial charge in [0.15, 0.2) is 0 Å². The highest BCUT2D eigenvalue weighted by Crippen LogP contribution is 2.20. The Morgan fingerprint density at radius 2 is 1.91 bits per heavy atom. The summed E-state index contributed by atoms with van der Waals surface area (Å²) in [5.41, 5.74) is 2.94. The molecule has 0 radical (unpaired) electrons. The fourth-order valence-corrected chi connectivity index (χ4v) is 3.00. The van der Waals surface area contributed by atoms with Gasteiger partial charge in [-0.05, 0) is 49.2 Å². The summed E-state index contributed by atoms with van der Waals surface area (Å²) in [5.74, 6) is 0.596. The molecule has 1 fully saturated rings. The molecule has 3 rings (SSSR count). The van der Waals surface area contributed by atoms with E-state index in [2.05, 4.69) is 29.4 Å². The highest BCUT2D eigenvalue weighted by atomic mass is 16.1. The lowest BCUT2D eigenvalue weighted by atomic mass is 10.0. The topological polar surface area (TPSA) is 32.3 Å². The van der Waals surface area contributed by atoms with Crippen LogP contribution in [-0.2, 0) is 0 Å². The first-order chi connectivity index (χ1) is 10.7. The minimum absolute atomic E-state index is 0.0207. The monoisotopic (exact) mass is 294 g/mol. The Balaban J connectivity index is 1.65. The Hall–Kier alpha value is -2.13. The standard InChI is InChI=1S/C19H22N2O/c1-21-11-10-15(14-21)13-20-19(22)18-9-5-8-17(12-18)16-6-3-2-4-7-16/h2-9,12,15H,10-11,13-14H2,1H3,(H,20,22). The van der Waals surface area contributed by atoms with Gasteiger partial charge in [-0.25, -0.2) is 0 Å². The number of carbonyl (C=O) groups is 1. The first-order valence-electron chi connectivity index (χ1n) is 7.84. The van der Waals surface area contributed by atoms with Gasteiger partial charge in [0.25, 0.3) is 5.91 Å². The molecular weight excluding hydrogens is 272 g/mol. The Morgan fingerprint density at radius 3 is 2.64 bits per heavy atom. The molecule has 2 aromatic carbocycles. The third kappa shape index (κ3) is 3.55. The number of carbonyl (C=O) groups excluding carboxylic acids is 1. The third-order valence-electron chi connectivity index (χ3n) is 4.27. The van der Waals surface area contributed by atoms with Gasteiger partial charge in [0.1, 0.15) is 0 Å². The Morgan fingerprint density at radius 1 is 1.14 bits per heavy atom. The minimum atomic E-state index is 0.0207. The summed E-state index contributed by atoms with van der Waals surface area (Å²) in [6.45, 7) is 2.97. The van der Waals surface area contributed by atoms with Crippen LogP contribution < -0.4 is 5.32 Å². The predicted molar refractivity (Wildman–Crippen MR) is 89.8 cm³/mol. The summed E-state index contributed by atoms with van der Waals surface area (Å²) >= 11 is 0. The largest absolute Gasteiger partial charge is 0.352 e. The molecule has 1 saturated heterocycles. The summed E-state index contributed by atoms with van der Waals surface area (Å²) in [5, 5.41) is 3.07. The first kappa shape index (κ1) is 14.8. The molecule has 1 heterocycles. The molecule has 1 unspecified atom stereocenters. The number of benzene rings is 2. The maximum Gasteiger partial charge on any atom is 0.251 e. The number of hydrogen-bond donors (Lipinski definition) is 1. The van der Waals surface area contributed by atoms with Gasteiger partial charge in [-0.2, -0.15) is 0 Å². The molecule has 1 aliphatic rings. The van der Waals surface area contributed by atoms with Crippen molar-refractivity contribution in [3.8, 4) is 11.1 Å². The van der Waals surface area contributed by atoms with E-state index in [-0.39, 0.29) is 5.91 Å². The van der Waals surface area contributed by atoms with E-state index in [1.807, 2.05) is 42.5 Å². The average Bonchev–Trinajstić information content (AvgIpc) is 2.99. The van der Waals surface area contributed by atoms with Gasteiger partial charge in [-0.1, -0.05) is 42.5 Å². The summed E-state index contributed by atoms with van der Waals surface area (Å²) < 4.78 is 0. The molecule has 0 spiro atoms. The van der Waals surface area contributed by atoms with Gasteiger partial charge in [-0.3, -0.25) is 4.79 Å². The van der Waals surface area contributed by atoms with Crippen molar-refractivity contribution in [2.45, 2.75) is 6.42 Å². The van der Waals surface area contributed by atoms with Crippen LogP contribution in [0.25, 0.3) is 11.1 Å².